The number of carboxylic acid groups (broad SMARTS) is 1. The number of nitrogens with zero attached hydrogens (tertiary/aromatic N) is 1. The Morgan fingerprint density at radius 2 is 1.96 bits per heavy atom. The molecule has 0 bridgehead atoms. The molecule has 1 aliphatic carbocycles. The van der Waals surface area contributed by atoms with Crippen LogP contribution in [0.4, 0.5) is 0 Å². The van der Waals surface area contributed by atoms with Crippen molar-refractivity contribution in [3.8, 4) is 0 Å². The number of aromatic carboxylic acids is 1. The SMILES string of the molecule is Cc1ccc2c(CNC3CC3)c(C(=O)O)n(Cc3ccccc3C)c2c1. The van der Waals surface area contributed by atoms with Crippen LogP contribution in [0.15, 0.2) is 42.5 Å². The Balaban J connectivity index is 1.88. The molecule has 0 aliphatic heterocycles. The predicted octanol–water partition coefficient (Wildman–Crippen LogP) is 4.26. The van der Waals surface area contributed by atoms with E-state index in [0.29, 0.717) is 24.8 Å². The lowest BCUT2D eigenvalue weighted by Crippen LogP contribution is -2.19. The van der Waals surface area contributed by atoms with Crippen molar-refractivity contribution in [3.63, 3.8) is 0 Å². The summed E-state index contributed by atoms with van der Waals surface area (Å²) in [4.78, 5) is 12.2. The van der Waals surface area contributed by atoms with E-state index >= 15 is 0 Å². The van der Waals surface area contributed by atoms with Gasteiger partial charge in [-0.1, -0.05) is 36.4 Å². The van der Waals surface area contributed by atoms with Gasteiger partial charge in [0, 0.05) is 35.6 Å². The van der Waals surface area contributed by atoms with Crippen LogP contribution in [-0.2, 0) is 13.1 Å². The first-order chi connectivity index (χ1) is 12.5. The lowest BCUT2D eigenvalue weighted by Gasteiger charge is -2.12. The third-order valence-corrected chi connectivity index (χ3v) is 5.26. The molecule has 2 aromatic carbocycles. The highest BCUT2D eigenvalue weighted by Crippen LogP contribution is 2.30. The van der Waals surface area contributed by atoms with E-state index < -0.39 is 5.97 Å². The highest BCUT2D eigenvalue weighted by atomic mass is 16.4. The number of aryl methyl sites for hydroxylation is 2. The Morgan fingerprint density at radius 1 is 1.19 bits per heavy atom. The van der Waals surface area contributed by atoms with Gasteiger partial charge in [-0.3, -0.25) is 0 Å². The Labute approximate surface area is 153 Å². The Hall–Kier alpha value is -2.59. The molecule has 1 fully saturated rings. The quantitative estimate of drug-likeness (QED) is 0.700. The van der Waals surface area contributed by atoms with Crippen molar-refractivity contribution in [1.29, 1.82) is 0 Å². The van der Waals surface area contributed by atoms with Gasteiger partial charge in [-0.05, 0) is 49.4 Å². The zero-order valence-electron chi connectivity index (χ0n) is 15.2. The van der Waals surface area contributed by atoms with Gasteiger partial charge in [-0.2, -0.15) is 0 Å². The van der Waals surface area contributed by atoms with Crippen LogP contribution in [0.2, 0.25) is 0 Å². The molecule has 2 N–H and O–H groups in total. The van der Waals surface area contributed by atoms with E-state index in [9.17, 15) is 9.90 Å². The molecule has 1 aromatic heterocycles. The van der Waals surface area contributed by atoms with E-state index in [1.165, 1.54) is 18.4 Å². The lowest BCUT2D eigenvalue weighted by molar-refractivity contribution is 0.0684. The molecule has 4 heteroatoms. The van der Waals surface area contributed by atoms with E-state index in [1.54, 1.807) is 0 Å². The van der Waals surface area contributed by atoms with Gasteiger partial charge in [0.05, 0.1) is 0 Å². The fourth-order valence-corrected chi connectivity index (χ4v) is 3.61. The van der Waals surface area contributed by atoms with Crippen molar-refractivity contribution in [2.75, 3.05) is 0 Å². The fraction of sp³-hybridized carbons (Fsp3) is 0.318. The summed E-state index contributed by atoms with van der Waals surface area (Å²) in [5, 5.41) is 14.5. The topological polar surface area (TPSA) is 54.3 Å². The summed E-state index contributed by atoms with van der Waals surface area (Å²) in [6.45, 7) is 5.29. The van der Waals surface area contributed by atoms with Crippen molar-refractivity contribution in [3.05, 3.63) is 70.4 Å². The molecule has 0 atom stereocenters. The van der Waals surface area contributed by atoms with Crippen molar-refractivity contribution < 1.29 is 9.90 Å². The Morgan fingerprint density at radius 3 is 2.65 bits per heavy atom. The first-order valence-corrected chi connectivity index (χ1v) is 9.17. The molecule has 26 heavy (non-hydrogen) atoms. The van der Waals surface area contributed by atoms with E-state index in [4.69, 9.17) is 0 Å². The molecule has 3 aromatic rings. The lowest BCUT2D eigenvalue weighted by atomic mass is 10.1. The average molecular weight is 348 g/mol. The minimum absolute atomic E-state index is 0.405. The van der Waals surface area contributed by atoms with Gasteiger partial charge in [0.2, 0.25) is 0 Å². The molecular weight excluding hydrogens is 324 g/mol. The van der Waals surface area contributed by atoms with E-state index in [2.05, 4.69) is 42.6 Å². The molecule has 0 unspecified atom stereocenters. The van der Waals surface area contributed by atoms with E-state index in [0.717, 1.165) is 27.6 Å². The highest BCUT2D eigenvalue weighted by molar-refractivity contribution is 5.98. The molecule has 4 rings (SSSR count). The molecule has 1 saturated carbocycles. The number of aromatic nitrogens is 1. The minimum Gasteiger partial charge on any atom is -0.477 e. The molecule has 134 valence electrons. The van der Waals surface area contributed by atoms with Gasteiger partial charge in [-0.15, -0.1) is 0 Å². The summed E-state index contributed by atoms with van der Waals surface area (Å²) in [6.07, 6.45) is 2.37. The molecule has 0 amide bonds. The van der Waals surface area contributed by atoms with Gasteiger partial charge >= 0.3 is 5.97 Å². The van der Waals surface area contributed by atoms with Gasteiger partial charge in [0.25, 0.3) is 0 Å². The van der Waals surface area contributed by atoms with Gasteiger partial charge in [0.15, 0.2) is 0 Å². The van der Waals surface area contributed by atoms with Gasteiger partial charge < -0.3 is 15.0 Å². The van der Waals surface area contributed by atoms with Crippen LogP contribution in [0.1, 0.15) is 45.6 Å². The fourth-order valence-electron chi connectivity index (χ4n) is 3.61. The first kappa shape index (κ1) is 16.9. The normalized spacial score (nSPS) is 14.1. The molecule has 0 radical (unpaired) electrons. The molecule has 1 heterocycles. The number of hydrogen-bond acceptors (Lipinski definition) is 2. The third kappa shape index (κ3) is 3.13. The average Bonchev–Trinajstić information content (AvgIpc) is 3.38. The van der Waals surface area contributed by atoms with Crippen molar-refractivity contribution in [2.45, 2.75) is 45.8 Å². The standard InChI is InChI=1S/C22H24N2O2/c1-14-7-10-18-19(12-23-17-8-9-17)21(22(25)26)24(20(18)11-14)13-16-6-4-3-5-15(16)2/h3-7,10-11,17,23H,8-9,12-13H2,1-2H3,(H,25,26). The third-order valence-electron chi connectivity index (χ3n) is 5.26. The number of rotatable bonds is 6. The summed E-state index contributed by atoms with van der Waals surface area (Å²) in [6, 6.07) is 14.9. The number of benzene rings is 2. The Kier molecular flexibility index (Phi) is 4.29. The summed E-state index contributed by atoms with van der Waals surface area (Å²) in [5.41, 5.74) is 5.76. The second-order valence-corrected chi connectivity index (χ2v) is 7.32. The maximum absolute atomic E-state index is 12.2. The van der Waals surface area contributed by atoms with Crippen molar-refractivity contribution >= 4 is 16.9 Å². The van der Waals surface area contributed by atoms with Gasteiger partial charge in [0.1, 0.15) is 5.69 Å². The highest BCUT2D eigenvalue weighted by Gasteiger charge is 2.26. The van der Waals surface area contributed by atoms with Crippen LogP contribution < -0.4 is 5.32 Å². The van der Waals surface area contributed by atoms with Crippen molar-refractivity contribution in [2.24, 2.45) is 0 Å². The first-order valence-electron chi connectivity index (χ1n) is 9.17. The second-order valence-electron chi connectivity index (χ2n) is 7.32. The maximum atomic E-state index is 12.2. The number of carboxylic acids is 1. The molecular formula is C22H24N2O2. The predicted molar refractivity (Wildman–Crippen MR) is 104 cm³/mol. The largest absolute Gasteiger partial charge is 0.477 e. The number of hydrogen-bond donors (Lipinski definition) is 2. The summed E-state index contributed by atoms with van der Waals surface area (Å²) in [5.74, 6) is -0.861. The maximum Gasteiger partial charge on any atom is 0.352 e. The second kappa shape index (κ2) is 6.61. The van der Waals surface area contributed by atoms with Crippen molar-refractivity contribution in [1.82, 2.24) is 9.88 Å². The number of nitrogens with one attached hydrogen (secondary N) is 1. The van der Waals surface area contributed by atoms with Crippen LogP contribution in [0.25, 0.3) is 10.9 Å². The molecule has 4 nitrogen and oxygen atoms in total. The number of fused-ring (bicyclic) bond motifs is 1. The van der Waals surface area contributed by atoms with Crippen LogP contribution in [0.3, 0.4) is 0 Å². The molecule has 1 aliphatic rings. The summed E-state index contributed by atoms with van der Waals surface area (Å²) < 4.78 is 1.97. The smallest absolute Gasteiger partial charge is 0.352 e. The van der Waals surface area contributed by atoms with Gasteiger partial charge in [-0.25, -0.2) is 4.79 Å². The molecule has 0 saturated heterocycles. The van der Waals surface area contributed by atoms with E-state index in [-0.39, 0.29) is 0 Å². The van der Waals surface area contributed by atoms with Crippen LogP contribution in [0, 0.1) is 13.8 Å². The molecule has 0 spiro atoms. The summed E-state index contributed by atoms with van der Waals surface area (Å²) in [7, 11) is 0. The van der Waals surface area contributed by atoms with Crippen LogP contribution in [-0.4, -0.2) is 21.7 Å². The van der Waals surface area contributed by atoms with Crippen LogP contribution >= 0.6 is 0 Å². The zero-order valence-corrected chi connectivity index (χ0v) is 15.2. The Bertz CT molecular complexity index is 983. The summed E-state index contributed by atoms with van der Waals surface area (Å²) >= 11 is 0. The van der Waals surface area contributed by atoms with E-state index in [1.807, 2.05) is 23.6 Å². The zero-order chi connectivity index (χ0) is 18.3. The minimum atomic E-state index is -0.861. The number of carbonyl (C=O) groups is 1. The van der Waals surface area contributed by atoms with Crippen LogP contribution in [0.5, 0.6) is 0 Å². The monoisotopic (exact) mass is 348 g/mol.